The number of hydrogen-bond donors (Lipinski definition) is 0. The van der Waals surface area contributed by atoms with E-state index in [-0.39, 0.29) is 5.91 Å². The topological polar surface area (TPSA) is 52.6 Å². The van der Waals surface area contributed by atoms with Crippen LogP contribution in [0.25, 0.3) is 0 Å². The molecule has 0 unspecified atom stereocenters. The van der Waals surface area contributed by atoms with Gasteiger partial charge in [-0.05, 0) is 30.7 Å². The first-order valence-corrected chi connectivity index (χ1v) is 9.31. The van der Waals surface area contributed by atoms with Gasteiger partial charge in [-0.3, -0.25) is 4.79 Å². The van der Waals surface area contributed by atoms with Gasteiger partial charge >= 0.3 is 0 Å². The van der Waals surface area contributed by atoms with Gasteiger partial charge in [0.15, 0.2) is 0 Å². The van der Waals surface area contributed by atoms with E-state index < -0.39 is 0 Å². The zero-order chi connectivity index (χ0) is 18.4. The van der Waals surface area contributed by atoms with Crippen LogP contribution in [0.15, 0.2) is 42.7 Å². The Morgan fingerprint density at radius 1 is 1.08 bits per heavy atom. The van der Waals surface area contributed by atoms with Crippen LogP contribution >= 0.6 is 0 Å². The van der Waals surface area contributed by atoms with Crippen molar-refractivity contribution in [2.45, 2.75) is 19.8 Å². The molecule has 0 radical (unpaired) electrons. The molecule has 1 aliphatic heterocycles. The van der Waals surface area contributed by atoms with E-state index in [9.17, 15) is 4.79 Å². The van der Waals surface area contributed by atoms with Gasteiger partial charge in [0.1, 0.15) is 11.5 Å². The third-order valence-electron chi connectivity index (χ3n) is 4.78. The quantitative estimate of drug-likeness (QED) is 0.799. The summed E-state index contributed by atoms with van der Waals surface area (Å²) < 4.78 is 0. The van der Waals surface area contributed by atoms with E-state index in [0.717, 1.165) is 57.1 Å². The number of amides is 1. The number of anilines is 2. The van der Waals surface area contributed by atoms with E-state index in [0.29, 0.717) is 5.69 Å². The minimum atomic E-state index is -0.00929. The number of nitrogens with zero attached hydrogens (tertiary/aromatic N) is 5. The maximum atomic E-state index is 12.4. The number of unbranched alkanes of at least 4 members (excludes halogenated alkanes) is 1. The van der Waals surface area contributed by atoms with Crippen LogP contribution in [0.4, 0.5) is 11.5 Å². The van der Waals surface area contributed by atoms with Crippen LogP contribution in [-0.4, -0.2) is 60.5 Å². The summed E-state index contributed by atoms with van der Waals surface area (Å²) in [5, 5.41) is 0. The van der Waals surface area contributed by atoms with Gasteiger partial charge in [0, 0.05) is 46.0 Å². The van der Waals surface area contributed by atoms with Crippen molar-refractivity contribution >= 4 is 17.4 Å². The van der Waals surface area contributed by atoms with Gasteiger partial charge in [-0.25, -0.2) is 9.97 Å². The average Bonchev–Trinajstić information content (AvgIpc) is 2.72. The summed E-state index contributed by atoms with van der Waals surface area (Å²) >= 11 is 0. The SMILES string of the molecule is CCCCN(C)C(=O)c1ccc(N2CCN(c3ccccn3)CC2)cn1. The van der Waals surface area contributed by atoms with Crippen molar-refractivity contribution in [2.24, 2.45) is 0 Å². The Morgan fingerprint density at radius 3 is 2.46 bits per heavy atom. The summed E-state index contributed by atoms with van der Waals surface area (Å²) in [6, 6.07) is 9.85. The van der Waals surface area contributed by atoms with Crippen LogP contribution in [0.3, 0.4) is 0 Å². The molecule has 0 atom stereocenters. The smallest absolute Gasteiger partial charge is 0.272 e. The molecule has 1 fully saturated rings. The van der Waals surface area contributed by atoms with Crippen molar-refractivity contribution in [3.05, 3.63) is 48.4 Å². The summed E-state index contributed by atoms with van der Waals surface area (Å²) in [5.74, 6) is 1.02. The van der Waals surface area contributed by atoms with Crippen molar-refractivity contribution in [3.8, 4) is 0 Å². The highest BCUT2D eigenvalue weighted by atomic mass is 16.2. The maximum absolute atomic E-state index is 12.4. The van der Waals surface area contributed by atoms with Crippen LogP contribution in [0.2, 0.25) is 0 Å². The predicted octanol–water partition coefficient (Wildman–Crippen LogP) is 2.68. The first kappa shape index (κ1) is 18.2. The Hall–Kier alpha value is -2.63. The standard InChI is InChI=1S/C20H27N5O/c1-3-4-11-23(2)20(26)18-9-8-17(16-22-18)24-12-14-25(15-13-24)19-7-5-6-10-21-19/h5-10,16H,3-4,11-15H2,1-2H3. The second-order valence-corrected chi connectivity index (χ2v) is 6.64. The van der Waals surface area contributed by atoms with Gasteiger partial charge in [0.2, 0.25) is 0 Å². The highest BCUT2D eigenvalue weighted by Gasteiger charge is 2.19. The lowest BCUT2D eigenvalue weighted by Crippen LogP contribution is -2.46. The molecule has 0 N–H and O–H groups in total. The van der Waals surface area contributed by atoms with Crippen LogP contribution in [0, 0.1) is 0 Å². The lowest BCUT2D eigenvalue weighted by molar-refractivity contribution is 0.0787. The van der Waals surface area contributed by atoms with E-state index in [1.54, 1.807) is 4.90 Å². The fourth-order valence-electron chi connectivity index (χ4n) is 3.13. The lowest BCUT2D eigenvalue weighted by atomic mass is 10.2. The monoisotopic (exact) mass is 353 g/mol. The molecule has 6 nitrogen and oxygen atoms in total. The van der Waals surface area contributed by atoms with Gasteiger partial charge < -0.3 is 14.7 Å². The normalized spacial score (nSPS) is 14.4. The molecule has 3 heterocycles. The minimum absolute atomic E-state index is 0.00929. The zero-order valence-corrected chi connectivity index (χ0v) is 15.6. The van der Waals surface area contributed by atoms with Crippen LogP contribution in [0.5, 0.6) is 0 Å². The van der Waals surface area contributed by atoms with Gasteiger partial charge in [-0.1, -0.05) is 19.4 Å². The first-order chi connectivity index (χ1) is 12.7. The van der Waals surface area contributed by atoms with Crippen molar-refractivity contribution in [1.82, 2.24) is 14.9 Å². The Labute approximate surface area is 155 Å². The molecule has 1 amide bonds. The van der Waals surface area contributed by atoms with Gasteiger partial charge in [-0.2, -0.15) is 0 Å². The van der Waals surface area contributed by atoms with E-state index in [1.807, 2.05) is 49.8 Å². The molecule has 138 valence electrons. The van der Waals surface area contributed by atoms with Crippen molar-refractivity contribution < 1.29 is 4.79 Å². The van der Waals surface area contributed by atoms with E-state index in [4.69, 9.17) is 0 Å². The number of aromatic nitrogens is 2. The van der Waals surface area contributed by atoms with Crippen LogP contribution in [-0.2, 0) is 0 Å². The molecule has 2 aromatic heterocycles. The third-order valence-corrected chi connectivity index (χ3v) is 4.78. The Morgan fingerprint density at radius 2 is 1.85 bits per heavy atom. The molecule has 1 saturated heterocycles. The molecule has 1 aliphatic rings. The Kier molecular flexibility index (Phi) is 6.04. The molecule has 0 aromatic carbocycles. The molecular weight excluding hydrogens is 326 g/mol. The average molecular weight is 353 g/mol. The largest absolute Gasteiger partial charge is 0.367 e. The first-order valence-electron chi connectivity index (χ1n) is 9.31. The third kappa shape index (κ3) is 4.31. The van der Waals surface area contributed by atoms with Crippen molar-refractivity contribution in [3.63, 3.8) is 0 Å². The predicted molar refractivity (Wildman–Crippen MR) is 105 cm³/mol. The van der Waals surface area contributed by atoms with Gasteiger partial charge in [-0.15, -0.1) is 0 Å². The second kappa shape index (κ2) is 8.65. The number of piperazine rings is 1. The van der Waals surface area contributed by atoms with Crippen LogP contribution in [0.1, 0.15) is 30.3 Å². The molecular formula is C20H27N5O. The molecule has 26 heavy (non-hydrogen) atoms. The Bertz CT molecular complexity index is 696. The lowest BCUT2D eigenvalue weighted by Gasteiger charge is -2.36. The Balaban J connectivity index is 1.57. The highest BCUT2D eigenvalue weighted by molar-refractivity contribution is 5.92. The number of rotatable bonds is 6. The highest BCUT2D eigenvalue weighted by Crippen LogP contribution is 2.19. The molecule has 2 aromatic rings. The summed E-state index contributed by atoms with van der Waals surface area (Å²) in [7, 11) is 1.84. The van der Waals surface area contributed by atoms with Crippen LogP contribution < -0.4 is 9.80 Å². The number of carbonyl (C=O) groups is 1. The zero-order valence-electron chi connectivity index (χ0n) is 15.6. The fourth-order valence-corrected chi connectivity index (χ4v) is 3.13. The van der Waals surface area contributed by atoms with E-state index >= 15 is 0 Å². The summed E-state index contributed by atoms with van der Waals surface area (Å²) in [5.41, 5.74) is 1.58. The molecule has 6 heteroatoms. The molecule has 3 rings (SSSR count). The van der Waals surface area contributed by atoms with E-state index in [2.05, 4.69) is 26.7 Å². The molecule has 0 bridgehead atoms. The molecule has 0 aliphatic carbocycles. The summed E-state index contributed by atoms with van der Waals surface area (Å²) in [4.78, 5) is 27.5. The number of carbonyl (C=O) groups excluding carboxylic acids is 1. The summed E-state index contributed by atoms with van der Waals surface area (Å²) in [6.45, 7) is 6.59. The van der Waals surface area contributed by atoms with Crippen molar-refractivity contribution in [2.75, 3.05) is 49.6 Å². The molecule has 0 saturated carbocycles. The van der Waals surface area contributed by atoms with Gasteiger partial charge in [0.25, 0.3) is 5.91 Å². The maximum Gasteiger partial charge on any atom is 0.272 e. The number of hydrogen-bond acceptors (Lipinski definition) is 5. The van der Waals surface area contributed by atoms with E-state index in [1.165, 1.54) is 0 Å². The molecule has 0 spiro atoms. The summed E-state index contributed by atoms with van der Waals surface area (Å²) in [6.07, 6.45) is 5.74. The fraction of sp³-hybridized carbons (Fsp3) is 0.450. The number of pyridine rings is 2. The second-order valence-electron chi connectivity index (χ2n) is 6.64. The van der Waals surface area contributed by atoms with Crippen molar-refractivity contribution in [1.29, 1.82) is 0 Å². The minimum Gasteiger partial charge on any atom is -0.367 e. The van der Waals surface area contributed by atoms with Gasteiger partial charge in [0.05, 0.1) is 11.9 Å².